The molecule has 170 valence electrons. The summed E-state index contributed by atoms with van der Waals surface area (Å²) in [5.41, 5.74) is 1.23. The van der Waals surface area contributed by atoms with E-state index < -0.39 is 27.9 Å². The molecule has 1 heterocycles. The minimum atomic E-state index is -4.10. The van der Waals surface area contributed by atoms with Crippen molar-refractivity contribution in [3.8, 4) is 0 Å². The standard InChI is InChI=1S/C24H20Cl2N2O4S/c25-18-9-11-21(12-10-18)33(31,32)27(14-13-17-5-4-6-19(26)15-17)22-16-23(29)28(24(22)30)20-7-2-1-3-8-20/h1-12,15,22H,13-14,16H2. The molecule has 4 rings (SSSR count). The number of hydrogen-bond acceptors (Lipinski definition) is 4. The molecule has 33 heavy (non-hydrogen) atoms. The molecule has 1 saturated heterocycles. The van der Waals surface area contributed by atoms with E-state index in [1.165, 1.54) is 24.3 Å². The second kappa shape index (κ2) is 9.65. The summed E-state index contributed by atoms with van der Waals surface area (Å²) in [4.78, 5) is 27.1. The molecular formula is C24H20Cl2N2O4S. The van der Waals surface area contributed by atoms with E-state index in [0.29, 0.717) is 22.2 Å². The minimum absolute atomic E-state index is 0.00236. The predicted molar refractivity (Wildman–Crippen MR) is 128 cm³/mol. The van der Waals surface area contributed by atoms with Crippen molar-refractivity contribution in [2.45, 2.75) is 23.8 Å². The van der Waals surface area contributed by atoms with Gasteiger partial charge in [0.15, 0.2) is 0 Å². The highest BCUT2D eigenvalue weighted by Gasteiger charge is 2.46. The zero-order chi connectivity index (χ0) is 23.6. The summed E-state index contributed by atoms with van der Waals surface area (Å²) in [6, 6.07) is 20.1. The lowest BCUT2D eigenvalue weighted by Crippen LogP contribution is -2.46. The number of anilines is 1. The Labute approximate surface area is 202 Å². The van der Waals surface area contributed by atoms with Crippen molar-refractivity contribution in [3.63, 3.8) is 0 Å². The van der Waals surface area contributed by atoms with Gasteiger partial charge in [0.05, 0.1) is 17.0 Å². The van der Waals surface area contributed by atoms with Gasteiger partial charge in [-0.15, -0.1) is 0 Å². The van der Waals surface area contributed by atoms with E-state index in [0.717, 1.165) is 14.8 Å². The number of imide groups is 1. The molecule has 3 aromatic carbocycles. The second-order valence-electron chi connectivity index (χ2n) is 7.57. The third-order valence-corrected chi connectivity index (χ3v) is 7.82. The zero-order valence-electron chi connectivity index (χ0n) is 17.4. The molecule has 0 spiro atoms. The molecule has 2 amide bonds. The Balaban J connectivity index is 1.70. The summed E-state index contributed by atoms with van der Waals surface area (Å²) in [5, 5.41) is 0.920. The van der Waals surface area contributed by atoms with Crippen molar-refractivity contribution >= 4 is 50.7 Å². The Morgan fingerprint density at radius 3 is 2.24 bits per heavy atom. The molecule has 1 fully saturated rings. The number of para-hydroxylation sites is 1. The van der Waals surface area contributed by atoms with Crippen LogP contribution in [0.25, 0.3) is 0 Å². The van der Waals surface area contributed by atoms with E-state index >= 15 is 0 Å². The number of rotatable bonds is 7. The van der Waals surface area contributed by atoms with Crippen LogP contribution in [0.15, 0.2) is 83.8 Å². The number of amides is 2. The Morgan fingerprint density at radius 2 is 1.58 bits per heavy atom. The summed E-state index contributed by atoms with van der Waals surface area (Å²) in [7, 11) is -4.10. The van der Waals surface area contributed by atoms with Gasteiger partial charge in [-0.1, -0.05) is 53.5 Å². The summed E-state index contributed by atoms with van der Waals surface area (Å²) in [6.45, 7) is -0.00236. The maximum Gasteiger partial charge on any atom is 0.252 e. The summed E-state index contributed by atoms with van der Waals surface area (Å²) >= 11 is 12.0. The van der Waals surface area contributed by atoms with Gasteiger partial charge >= 0.3 is 0 Å². The van der Waals surface area contributed by atoms with E-state index in [1.807, 2.05) is 6.07 Å². The lowest BCUT2D eigenvalue weighted by molar-refractivity contribution is -0.122. The van der Waals surface area contributed by atoms with Gasteiger partial charge in [0.25, 0.3) is 5.91 Å². The third kappa shape index (κ3) is 4.96. The first-order chi connectivity index (χ1) is 15.8. The molecule has 0 saturated carbocycles. The van der Waals surface area contributed by atoms with Crippen LogP contribution in [0.4, 0.5) is 5.69 Å². The Hall–Kier alpha value is -2.71. The number of nitrogens with zero attached hydrogens (tertiary/aromatic N) is 2. The van der Waals surface area contributed by atoms with Gasteiger partial charge in [0, 0.05) is 16.6 Å². The minimum Gasteiger partial charge on any atom is -0.274 e. The van der Waals surface area contributed by atoms with Gasteiger partial charge in [-0.3, -0.25) is 9.59 Å². The number of halogens is 2. The van der Waals surface area contributed by atoms with Crippen LogP contribution in [-0.4, -0.2) is 37.1 Å². The quantitative estimate of drug-likeness (QED) is 0.443. The number of carbonyl (C=O) groups is 2. The Bertz CT molecular complexity index is 1280. The highest BCUT2D eigenvalue weighted by atomic mass is 35.5. The summed E-state index contributed by atoms with van der Waals surface area (Å²) < 4.78 is 28.3. The molecule has 0 aromatic heterocycles. The van der Waals surface area contributed by atoms with E-state index in [9.17, 15) is 18.0 Å². The van der Waals surface area contributed by atoms with Crippen LogP contribution >= 0.6 is 23.2 Å². The predicted octanol–water partition coefficient (Wildman–Crippen LogP) is 4.56. The van der Waals surface area contributed by atoms with Crippen LogP contribution in [0.1, 0.15) is 12.0 Å². The molecule has 3 aromatic rings. The third-order valence-electron chi connectivity index (χ3n) is 5.41. The molecule has 1 unspecified atom stereocenters. The van der Waals surface area contributed by atoms with Crippen LogP contribution in [0, 0.1) is 0 Å². The second-order valence-corrected chi connectivity index (χ2v) is 10.3. The molecule has 1 aliphatic rings. The van der Waals surface area contributed by atoms with Gasteiger partial charge in [-0.25, -0.2) is 13.3 Å². The molecule has 1 aliphatic heterocycles. The van der Waals surface area contributed by atoms with E-state index in [-0.39, 0.29) is 17.9 Å². The number of carbonyl (C=O) groups excluding carboxylic acids is 2. The summed E-state index contributed by atoms with van der Waals surface area (Å²) in [6.07, 6.45) is 0.0762. The fourth-order valence-corrected chi connectivity index (χ4v) is 5.73. The normalized spacial score (nSPS) is 16.6. The maximum atomic E-state index is 13.6. The monoisotopic (exact) mass is 502 g/mol. The first-order valence-electron chi connectivity index (χ1n) is 10.2. The topological polar surface area (TPSA) is 74.8 Å². The van der Waals surface area contributed by atoms with E-state index in [1.54, 1.807) is 48.5 Å². The van der Waals surface area contributed by atoms with Crippen molar-refractivity contribution < 1.29 is 18.0 Å². The fourth-order valence-electron chi connectivity index (χ4n) is 3.81. The molecule has 0 bridgehead atoms. The SMILES string of the molecule is O=C1CC(N(CCc2cccc(Cl)c2)S(=O)(=O)c2ccc(Cl)cc2)C(=O)N1c1ccccc1. The lowest BCUT2D eigenvalue weighted by atomic mass is 10.1. The van der Waals surface area contributed by atoms with Crippen LogP contribution in [0.3, 0.4) is 0 Å². The molecule has 1 atom stereocenters. The van der Waals surface area contributed by atoms with Gasteiger partial charge in [-0.05, 0) is 60.5 Å². The largest absolute Gasteiger partial charge is 0.274 e. The average Bonchev–Trinajstić information content (AvgIpc) is 3.08. The van der Waals surface area contributed by atoms with Crippen LogP contribution in [0.2, 0.25) is 10.0 Å². The smallest absolute Gasteiger partial charge is 0.252 e. The Morgan fingerprint density at radius 1 is 0.879 bits per heavy atom. The molecule has 9 heteroatoms. The van der Waals surface area contributed by atoms with E-state index in [4.69, 9.17) is 23.2 Å². The zero-order valence-corrected chi connectivity index (χ0v) is 19.7. The number of hydrogen-bond donors (Lipinski definition) is 0. The van der Waals surface area contributed by atoms with Crippen molar-refractivity contribution in [1.82, 2.24) is 4.31 Å². The first-order valence-corrected chi connectivity index (χ1v) is 12.4. The highest BCUT2D eigenvalue weighted by molar-refractivity contribution is 7.89. The van der Waals surface area contributed by atoms with Crippen molar-refractivity contribution in [1.29, 1.82) is 0 Å². The average molecular weight is 503 g/mol. The number of benzene rings is 3. The fraction of sp³-hybridized carbons (Fsp3) is 0.167. The molecule has 0 N–H and O–H groups in total. The van der Waals surface area contributed by atoms with Crippen molar-refractivity contribution in [2.24, 2.45) is 0 Å². The lowest BCUT2D eigenvalue weighted by Gasteiger charge is -2.27. The van der Waals surface area contributed by atoms with Gasteiger partial charge in [0.1, 0.15) is 6.04 Å². The molecule has 0 aliphatic carbocycles. The van der Waals surface area contributed by atoms with Crippen LogP contribution in [0.5, 0.6) is 0 Å². The highest BCUT2D eigenvalue weighted by Crippen LogP contribution is 2.30. The van der Waals surface area contributed by atoms with Crippen molar-refractivity contribution in [2.75, 3.05) is 11.4 Å². The summed E-state index contributed by atoms with van der Waals surface area (Å²) in [5.74, 6) is -1.02. The molecule has 6 nitrogen and oxygen atoms in total. The van der Waals surface area contributed by atoms with Gasteiger partial charge in [-0.2, -0.15) is 4.31 Å². The Kier molecular flexibility index (Phi) is 6.86. The maximum absolute atomic E-state index is 13.6. The number of sulfonamides is 1. The van der Waals surface area contributed by atoms with Crippen molar-refractivity contribution in [3.05, 3.63) is 94.5 Å². The molecular weight excluding hydrogens is 483 g/mol. The van der Waals surface area contributed by atoms with Crippen LogP contribution < -0.4 is 4.90 Å². The first kappa shape index (κ1) is 23.4. The van der Waals surface area contributed by atoms with Gasteiger partial charge in [0.2, 0.25) is 15.9 Å². The van der Waals surface area contributed by atoms with Crippen LogP contribution in [-0.2, 0) is 26.0 Å². The molecule has 0 radical (unpaired) electrons. The van der Waals surface area contributed by atoms with E-state index in [2.05, 4.69) is 0 Å². The van der Waals surface area contributed by atoms with Gasteiger partial charge < -0.3 is 0 Å².